The fraction of sp³-hybridized carbons (Fsp3) is 0.467. The van der Waals surface area contributed by atoms with Gasteiger partial charge in [0.2, 0.25) is 0 Å². The molecule has 0 aliphatic carbocycles. The average molecular weight is 295 g/mol. The molecule has 0 radical (unpaired) electrons. The van der Waals surface area contributed by atoms with Gasteiger partial charge in [0.15, 0.2) is 0 Å². The van der Waals surface area contributed by atoms with Gasteiger partial charge in [0, 0.05) is 17.4 Å². The molecule has 0 saturated heterocycles. The molecule has 1 aromatic carbocycles. The number of carbonyl (C=O) groups is 2. The molecule has 0 spiro atoms. The molecule has 1 unspecified atom stereocenters. The van der Waals surface area contributed by atoms with Gasteiger partial charge >= 0.3 is 5.97 Å². The predicted molar refractivity (Wildman–Crippen MR) is 82.1 cm³/mol. The molecule has 1 amide bonds. The van der Waals surface area contributed by atoms with Crippen LogP contribution < -0.4 is 5.32 Å². The zero-order chi connectivity index (χ0) is 15.0. The lowest BCUT2D eigenvalue weighted by Gasteiger charge is -2.16. The Labute approximate surface area is 124 Å². The molecule has 0 saturated carbocycles. The minimum atomic E-state index is -0.890. The summed E-state index contributed by atoms with van der Waals surface area (Å²) in [6.45, 7) is 1.97. The molecule has 0 aliphatic heterocycles. The van der Waals surface area contributed by atoms with Crippen LogP contribution in [0.3, 0.4) is 0 Å². The Morgan fingerprint density at radius 3 is 2.45 bits per heavy atom. The van der Waals surface area contributed by atoms with E-state index in [1.54, 1.807) is 23.9 Å². The van der Waals surface area contributed by atoms with Crippen LogP contribution in [-0.4, -0.2) is 29.3 Å². The molecule has 5 heteroatoms. The average Bonchev–Trinajstić information content (AvgIpc) is 2.39. The molecule has 1 rings (SSSR count). The van der Waals surface area contributed by atoms with E-state index in [-0.39, 0.29) is 18.4 Å². The standard InChI is InChI=1S/C15H21NO3S/c1-3-4-13(9-14(17)18)16-15(19)12-7-5-11(6-8-12)10-20-2/h5-8,13H,3-4,9-10H2,1-2H3,(H,16,19)(H,17,18). The van der Waals surface area contributed by atoms with Crippen LogP contribution in [0.15, 0.2) is 24.3 Å². The molecule has 1 aromatic rings. The van der Waals surface area contributed by atoms with Gasteiger partial charge in [-0.05, 0) is 30.4 Å². The summed E-state index contributed by atoms with van der Waals surface area (Å²) < 4.78 is 0. The molecule has 0 heterocycles. The molecule has 20 heavy (non-hydrogen) atoms. The number of rotatable bonds is 8. The van der Waals surface area contributed by atoms with Gasteiger partial charge in [0.25, 0.3) is 5.91 Å². The maximum atomic E-state index is 12.1. The Hall–Kier alpha value is -1.49. The maximum absolute atomic E-state index is 12.1. The molecule has 4 nitrogen and oxygen atoms in total. The van der Waals surface area contributed by atoms with E-state index in [1.807, 2.05) is 25.3 Å². The second-order valence-corrected chi connectivity index (χ2v) is 5.55. The van der Waals surface area contributed by atoms with E-state index in [1.165, 1.54) is 5.56 Å². The second-order valence-electron chi connectivity index (χ2n) is 4.69. The van der Waals surface area contributed by atoms with E-state index >= 15 is 0 Å². The minimum Gasteiger partial charge on any atom is -0.481 e. The molecule has 2 N–H and O–H groups in total. The van der Waals surface area contributed by atoms with Crippen LogP contribution >= 0.6 is 11.8 Å². The smallest absolute Gasteiger partial charge is 0.305 e. The van der Waals surface area contributed by atoms with Crippen LogP contribution in [0.25, 0.3) is 0 Å². The summed E-state index contributed by atoms with van der Waals surface area (Å²) in [5.74, 6) is -0.182. The zero-order valence-electron chi connectivity index (χ0n) is 11.9. The van der Waals surface area contributed by atoms with Crippen molar-refractivity contribution in [2.24, 2.45) is 0 Å². The number of hydrogen-bond donors (Lipinski definition) is 2. The first-order valence-electron chi connectivity index (χ1n) is 6.67. The van der Waals surface area contributed by atoms with Crippen molar-refractivity contribution in [1.29, 1.82) is 0 Å². The highest BCUT2D eigenvalue weighted by atomic mass is 32.2. The second kappa shape index (κ2) is 8.64. The zero-order valence-corrected chi connectivity index (χ0v) is 12.7. The Morgan fingerprint density at radius 2 is 1.95 bits per heavy atom. The van der Waals surface area contributed by atoms with Crippen LogP contribution in [0.1, 0.15) is 42.1 Å². The van der Waals surface area contributed by atoms with Crippen molar-refractivity contribution >= 4 is 23.6 Å². The van der Waals surface area contributed by atoms with Gasteiger partial charge in [0.1, 0.15) is 0 Å². The number of benzene rings is 1. The van der Waals surface area contributed by atoms with Crippen molar-refractivity contribution in [1.82, 2.24) is 5.32 Å². The van der Waals surface area contributed by atoms with Crippen molar-refractivity contribution in [3.05, 3.63) is 35.4 Å². The third kappa shape index (κ3) is 5.65. The fourth-order valence-corrected chi connectivity index (χ4v) is 2.50. The van der Waals surface area contributed by atoms with E-state index in [4.69, 9.17) is 5.11 Å². The first kappa shape index (κ1) is 16.6. The van der Waals surface area contributed by atoms with Crippen molar-refractivity contribution in [2.45, 2.75) is 38.0 Å². The summed E-state index contributed by atoms with van der Waals surface area (Å²) in [7, 11) is 0. The Bertz CT molecular complexity index is 445. The van der Waals surface area contributed by atoms with Gasteiger partial charge in [0.05, 0.1) is 6.42 Å². The summed E-state index contributed by atoms with van der Waals surface area (Å²) in [6.07, 6.45) is 3.50. The quantitative estimate of drug-likeness (QED) is 0.774. The third-order valence-electron chi connectivity index (χ3n) is 2.92. The molecule has 0 fully saturated rings. The molecular weight excluding hydrogens is 274 g/mol. The Morgan fingerprint density at radius 1 is 1.30 bits per heavy atom. The lowest BCUT2D eigenvalue weighted by molar-refractivity contribution is -0.137. The van der Waals surface area contributed by atoms with Gasteiger partial charge in [-0.3, -0.25) is 9.59 Å². The Kier molecular flexibility index (Phi) is 7.15. The van der Waals surface area contributed by atoms with Crippen LogP contribution in [0.2, 0.25) is 0 Å². The summed E-state index contributed by atoms with van der Waals surface area (Å²) in [4.78, 5) is 22.8. The van der Waals surface area contributed by atoms with E-state index < -0.39 is 5.97 Å². The SMILES string of the molecule is CCCC(CC(=O)O)NC(=O)c1ccc(CSC)cc1. The number of amides is 1. The number of hydrogen-bond acceptors (Lipinski definition) is 3. The normalized spacial score (nSPS) is 11.9. The van der Waals surface area contributed by atoms with E-state index in [9.17, 15) is 9.59 Å². The van der Waals surface area contributed by atoms with Gasteiger partial charge < -0.3 is 10.4 Å². The first-order valence-corrected chi connectivity index (χ1v) is 8.06. The number of aliphatic carboxylic acids is 1. The number of carboxylic acids is 1. The summed E-state index contributed by atoms with van der Waals surface area (Å²) in [5, 5.41) is 11.6. The first-order chi connectivity index (χ1) is 9.56. The molecule has 1 atom stereocenters. The lowest BCUT2D eigenvalue weighted by Crippen LogP contribution is -2.36. The highest BCUT2D eigenvalue weighted by Gasteiger charge is 2.16. The number of thioether (sulfide) groups is 1. The van der Waals surface area contributed by atoms with Crippen LogP contribution in [-0.2, 0) is 10.5 Å². The van der Waals surface area contributed by atoms with Crippen molar-refractivity contribution in [3.8, 4) is 0 Å². The monoisotopic (exact) mass is 295 g/mol. The third-order valence-corrected chi connectivity index (χ3v) is 3.54. The van der Waals surface area contributed by atoms with E-state index in [2.05, 4.69) is 5.32 Å². The molecule has 0 aliphatic rings. The van der Waals surface area contributed by atoms with E-state index in [0.29, 0.717) is 12.0 Å². The highest BCUT2D eigenvalue weighted by Crippen LogP contribution is 2.11. The topological polar surface area (TPSA) is 66.4 Å². The minimum absolute atomic E-state index is 0.0376. The van der Waals surface area contributed by atoms with Gasteiger partial charge in [-0.25, -0.2) is 0 Å². The van der Waals surface area contributed by atoms with Crippen molar-refractivity contribution in [2.75, 3.05) is 6.26 Å². The number of nitrogens with one attached hydrogen (secondary N) is 1. The van der Waals surface area contributed by atoms with Gasteiger partial charge in [-0.15, -0.1) is 0 Å². The highest BCUT2D eigenvalue weighted by molar-refractivity contribution is 7.97. The van der Waals surface area contributed by atoms with Crippen molar-refractivity contribution < 1.29 is 14.7 Å². The predicted octanol–water partition coefficient (Wildman–Crippen LogP) is 2.92. The summed E-state index contributed by atoms with van der Waals surface area (Å²) in [6, 6.07) is 7.11. The molecular formula is C15H21NO3S. The largest absolute Gasteiger partial charge is 0.481 e. The number of carbonyl (C=O) groups excluding carboxylic acids is 1. The van der Waals surface area contributed by atoms with Gasteiger partial charge in [-0.1, -0.05) is 25.5 Å². The number of carboxylic acid groups (broad SMARTS) is 1. The molecule has 110 valence electrons. The van der Waals surface area contributed by atoms with E-state index in [0.717, 1.165) is 12.2 Å². The van der Waals surface area contributed by atoms with Crippen LogP contribution in [0, 0.1) is 0 Å². The summed E-state index contributed by atoms with van der Waals surface area (Å²) in [5.41, 5.74) is 1.74. The van der Waals surface area contributed by atoms with Gasteiger partial charge in [-0.2, -0.15) is 11.8 Å². The lowest BCUT2D eigenvalue weighted by atomic mass is 10.1. The Balaban J connectivity index is 2.65. The van der Waals surface area contributed by atoms with Crippen molar-refractivity contribution in [3.63, 3.8) is 0 Å². The summed E-state index contributed by atoms with van der Waals surface area (Å²) >= 11 is 1.73. The van der Waals surface area contributed by atoms with Crippen LogP contribution in [0.4, 0.5) is 0 Å². The fourth-order valence-electron chi connectivity index (χ4n) is 1.97. The van der Waals surface area contributed by atoms with Crippen LogP contribution in [0.5, 0.6) is 0 Å². The molecule has 0 bridgehead atoms. The maximum Gasteiger partial charge on any atom is 0.305 e. The molecule has 0 aromatic heterocycles.